The molecule has 7 heteroatoms. The average Bonchev–Trinajstić information content (AvgIpc) is 2.90. The molecular weight excluding hydrogens is 488 g/mol. The maximum atomic E-state index is 12.7. The smallest absolute Gasteiger partial charge is 0.303 e. The first kappa shape index (κ1) is 28.2. The molecular formula is C30H35ClN2O4. The lowest BCUT2D eigenvalue weighted by Crippen LogP contribution is -2.33. The Balaban J connectivity index is 1.49. The number of benzene rings is 3. The van der Waals surface area contributed by atoms with Crippen LogP contribution in [0, 0.1) is 0 Å². The number of hydrogen-bond acceptors (Lipinski definition) is 4. The van der Waals surface area contributed by atoms with Gasteiger partial charge in [-0.1, -0.05) is 72.3 Å². The Morgan fingerprint density at radius 2 is 1.62 bits per heavy atom. The highest BCUT2D eigenvalue weighted by molar-refractivity contribution is 6.30. The molecule has 0 aromatic heterocycles. The third-order valence-corrected chi connectivity index (χ3v) is 6.49. The number of ether oxygens (including phenoxy) is 1. The van der Waals surface area contributed by atoms with E-state index in [1.807, 2.05) is 78.9 Å². The summed E-state index contributed by atoms with van der Waals surface area (Å²) in [5.74, 6) is -0.138. The molecule has 196 valence electrons. The Labute approximate surface area is 224 Å². The molecule has 0 spiro atoms. The van der Waals surface area contributed by atoms with Crippen molar-refractivity contribution in [2.45, 2.75) is 45.3 Å². The second kappa shape index (κ2) is 15.0. The number of nitrogens with zero attached hydrogens (tertiary/aromatic N) is 1. The number of aliphatic carboxylic acids is 1. The Kier molecular flexibility index (Phi) is 11.5. The fourth-order valence-electron chi connectivity index (χ4n) is 4.16. The first-order valence-corrected chi connectivity index (χ1v) is 13.0. The molecule has 1 unspecified atom stereocenters. The zero-order chi connectivity index (χ0) is 26.5. The molecule has 1 atom stereocenters. The van der Waals surface area contributed by atoms with E-state index in [0.29, 0.717) is 36.9 Å². The first-order chi connectivity index (χ1) is 17.9. The lowest BCUT2D eigenvalue weighted by atomic mass is 10.1. The van der Waals surface area contributed by atoms with E-state index < -0.39 is 5.97 Å². The van der Waals surface area contributed by atoms with Gasteiger partial charge in [0.1, 0.15) is 12.4 Å². The van der Waals surface area contributed by atoms with E-state index in [1.54, 1.807) is 0 Å². The molecule has 0 aliphatic heterocycles. The molecule has 0 bridgehead atoms. The van der Waals surface area contributed by atoms with Crippen LogP contribution in [0.15, 0.2) is 78.9 Å². The van der Waals surface area contributed by atoms with Crippen LogP contribution in [0.25, 0.3) is 0 Å². The Hall–Kier alpha value is -3.35. The summed E-state index contributed by atoms with van der Waals surface area (Å²) in [7, 11) is 0. The molecule has 3 rings (SSSR count). The Bertz CT molecular complexity index is 1120. The monoisotopic (exact) mass is 522 g/mol. The van der Waals surface area contributed by atoms with Gasteiger partial charge >= 0.3 is 5.97 Å². The minimum Gasteiger partial charge on any atom is -0.489 e. The summed E-state index contributed by atoms with van der Waals surface area (Å²) in [5, 5.41) is 12.7. The zero-order valence-electron chi connectivity index (χ0n) is 21.2. The van der Waals surface area contributed by atoms with Crippen molar-refractivity contribution < 1.29 is 19.4 Å². The lowest BCUT2D eigenvalue weighted by molar-refractivity contribution is -0.137. The largest absolute Gasteiger partial charge is 0.489 e. The van der Waals surface area contributed by atoms with Crippen molar-refractivity contribution in [1.82, 2.24) is 10.2 Å². The van der Waals surface area contributed by atoms with Gasteiger partial charge in [-0.2, -0.15) is 0 Å². The van der Waals surface area contributed by atoms with Crippen LogP contribution in [0.5, 0.6) is 5.75 Å². The van der Waals surface area contributed by atoms with Crippen LogP contribution in [0.1, 0.15) is 48.9 Å². The molecule has 0 saturated heterocycles. The summed E-state index contributed by atoms with van der Waals surface area (Å²) in [6.07, 6.45) is 1.70. The fraction of sp³-hybridized carbons (Fsp3) is 0.333. The summed E-state index contributed by atoms with van der Waals surface area (Å²) in [6, 6.07) is 25.4. The maximum absolute atomic E-state index is 12.7. The van der Waals surface area contributed by atoms with Gasteiger partial charge in [0.05, 0.1) is 6.42 Å². The Morgan fingerprint density at radius 3 is 2.35 bits per heavy atom. The van der Waals surface area contributed by atoms with Gasteiger partial charge in [-0.25, -0.2) is 0 Å². The topological polar surface area (TPSA) is 78.9 Å². The first-order valence-electron chi connectivity index (χ1n) is 12.6. The van der Waals surface area contributed by atoms with E-state index in [-0.39, 0.29) is 24.8 Å². The highest BCUT2D eigenvalue weighted by atomic mass is 35.5. The van der Waals surface area contributed by atoms with Crippen molar-refractivity contribution >= 4 is 23.5 Å². The molecule has 0 heterocycles. The van der Waals surface area contributed by atoms with E-state index in [9.17, 15) is 9.59 Å². The molecule has 0 saturated carbocycles. The number of carboxylic acids is 1. The normalized spacial score (nSPS) is 11.8. The summed E-state index contributed by atoms with van der Waals surface area (Å²) in [5.41, 5.74) is 3.04. The Morgan fingerprint density at radius 1 is 0.946 bits per heavy atom. The van der Waals surface area contributed by atoms with Crippen LogP contribution in [0.3, 0.4) is 0 Å². The van der Waals surface area contributed by atoms with Crippen LogP contribution < -0.4 is 10.1 Å². The quantitative estimate of drug-likeness (QED) is 0.243. The van der Waals surface area contributed by atoms with Crippen molar-refractivity contribution in [2.75, 3.05) is 19.6 Å². The van der Waals surface area contributed by atoms with E-state index >= 15 is 0 Å². The number of carboxylic acid groups (broad SMARTS) is 1. The van der Waals surface area contributed by atoms with Gasteiger partial charge in [0.25, 0.3) is 0 Å². The minimum absolute atomic E-state index is 0.0565. The van der Waals surface area contributed by atoms with E-state index in [1.165, 1.54) is 0 Å². The molecule has 6 nitrogen and oxygen atoms in total. The number of rotatable bonds is 15. The highest BCUT2D eigenvalue weighted by Crippen LogP contribution is 2.23. The van der Waals surface area contributed by atoms with Crippen molar-refractivity contribution in [3.63, 3.8) is 0 Å². The number of nitrogens with one attached hydrogen (secondary N) is 1. The molecule has 0 aliphatic carbocycles. The number of para-hydroxylation sites is 1. The average molecular weight is 523 g/mol. The third kappa shape index (κ3) is 9.90. The van der Waals surface area contributed by atoms with Gasteiger partial charge in [0.2, 0.25) is 5.91 Å². The number of hydrogen-bond donors (Lipinski definition) is 2. The lowest BCUT2D eigenvalue weighted by Gasteiger charge is -2.29. The summed E-state index contributed by atoms with van der Waals surface area (Å²) < 4.78 is 5.97. The van der Waals surface area contributed by atoms with Crippen LogP contribution in [-0.4, -0.2) is 41.5 Å². The maximum Gasteiger partial charge on any atom is 0.303 e. The number of halogens is 1. The second-order valence-corrected chi connectivity index (χ2v) is 9.46. The van der Waals surface area contributed by atoms with E-state index in [4.69, 9.17) is 21.4 Å². The summed E-state index contributed by atoms with van der Waals surface area (Å²) in [4.78, 5) is 25.9. The molecule has 3 aromatic carbocycles. The molecule has 0 aliphatic rings. The van der Waals surface area contributed by atoms with Gasteiger partial charge in [0, 0.05) is 36.1 Å². The van der Waals surface area contributed by atoms with Crippen molar-refractivity contribution in [2.24, 2.45) is 0 Å². The SMILES string of the molecule is CC(c1ccc(Cl)cc1)N(CCCNC(=O)Cc1ccccc1OCc1ccccc1)CCCC(=O)O. The predicted octanol–water partition coefficient (Wildman–Crippen LogP) is 5.90. The molecule has 0 fully saturated rings. The summed E-state index contributed by atoms with van der Waals surface area (Å²) >= 11 is 6.03. The van der Waals surface area contributed by atoms with Gasteiger partial charge < -0.3 is 15.2 Å². The number of amides is 1. The number of carbonyl (C=O) groups is 2. The molecule has 2 N–H and O–H groups in total. The van der Waals surface area contributed by atoms with Crippen molar-refractivity contribution in [3.8, 4) is 5.75 Å². The summed E-state index contributed by atoms with van der Waals surface area (Å²) in [6.45, 7) is 4.49. The molecule has 0 radical (unpaired) electrons. The van der Waals surface area contributed by atoms with Gasteiger partial charge in [-0.05, 0) is 55.6 Å². The number of carbonyl (C=O) groups excluding carboxylic acids is 1. The zero-order valence-corrected chi connectivity index (χ0v) is 22.0. The van der Waals surface area contributed by atoms with Crippen molar-refractivity contribution in [3.05, 3.63) is 101 Å². The third-order valence-electron chi connectivity index (χ3n) is 6.24. The van der Waals surface area contributed by atoms with Gasteiger partial charge in [-0.15, -0.1) is 0 Å². The van der Waals surface area contributed by atoms with Crippen LogP contribution in [0.4, 0.5) is 0 Å². The molecule has 3 aromatic rings. The highest BCUT2D eigenvalue weighted by Gasteiger charge is 2.16. The molecule has 1 amide bonds. The van der Waals surface area contributed by atoms with Crippen LogP contribution in [0.2, 0.25) is 5.02 Å². The van der Waals surface area contributed by atoms with E-state index in [0.717, 1.165) is 29.7 Å². The minimum atomic E-state index is -0.792. The van der Waals surface area contributed by atoms with Crippen LogP contribution >= 0.6 is 11.6 Å². The van der Waals surface area contributed by atoms with Crippen LogP contribution in [-0.2, 0) is 22.6 Å². The van der Waals surface area contributed by atoms with E-state index in [2.05, 4.69) is 17.1 Å². The standard InChI is InChI=1S/C30H35ClN2O4/c1-23(25-14-16-27(31)17-15-25)33(19-7-13-30(35)36)20-8-18-32-29(34)21-26-11-5-6-12-28(26)37-22-24-9-3-2-4-10-24/h2-6,9-12,14-17,23H,7-8,13,18-22H2,1H3,(H,32,34)(H,35,36). The fourth-order valence-corrected chi connectivity index (χ4v) is 4.28. The van der Waals surface area contributed by atoms with Gasteiger partial charge in [0.15, 0.2) is 0 Å². The van der Waals surface area contributed by atoms with Crippen molar-refractivity contribution in [1.29, 1.82) is 0 Å². The molecule has 37 heavy (non-hydrogen) atoms. The second-order valence-electron chi connectivity index (χ2n) is 9.02. The predicted molar refractivity (Wildman–Crippen MR) is 147 cm³/mol. The van der Waals surface area contributed by atoms with Gasteiger partial charge in [-0.3, -0.25) is 14.5 Å².